The van der Waals surface area contributed by atoms with Crippen LogP contribution >= 0.6 is 11.6 Å². The average molecular weight is 326 g/mol. The fourth-order valence-corrected chi connectivity index (χ4v) is 3.26. The standard InChI is InChI=1S/C18H28ClNO2/c1-4-16-11-17(7-8-18(16)19)21-10-6-5-9-20-12-14(2)22-15(3)13-20/h7-8,11,14-15H,4-6,9-10,12-13H2,1-3H3/t14-,15-/m0/s1. The number of unbranched alkanes of at least 4 members (excludes halogenated alkanes) is 1. The van der Waals surface area contributed by atoms with E-state index in [2.05, 4.69) is 25.7 Å². The minimum atomic E-state index is 0.349. The van der Waals surface area contributed by atoms with Crippen LogP contribution in [0.3, 0.4) is 0 Å². The van der Waals surface area contributed by atoms with E-state index in [0.29, 0.717) is 12.2 Å². The Labute approximate surface area is 139 Å². The van der Waals surface area contributed by atoms with Gasteiger partial charge in [-0.1, -0.05) is 18.5 Å². The largest absolute Gasteiger partial charge is 0.494 e. The number of rotatable bonds is 7. The van der Waals surface area contributed by atoms with Crippen LogP contribution in [0, 0.1) is 0 Å². The summed E-state index contributed by atoms with van der Waals surface area (Å²) in [6.45, 7) is 10.4. The van der Waals surface area contributed by atoms with Gasteiger partial charge in [-0.25, -0.2) is 0 Å². The Morgan fingerprint density at radius 1 is 1.23 bits per heavy atom. The number of halogens is 1. The average Bonchev–Trinajstić information content (AvgIpc) is 2.47. The van der Waals surface area contributed by atoms with E-state index in [1.54, 1.807) is 0 Å². The van der Waals surface area contributed by atoms with Crippen molar-refractivity contribution in [3.05, 3.63) is 28.8 Å². The summed E-state index contributed by atoms with van der Waals surface area (Å²) in [5.74, 6) is 0.926. The molecule has 1 aromatic carbocycles. The summed E-state index contributed by atoms with van der Waals surface area (Å²) in [7, 11) is 0. The molecule has 1 heterocycles. The van der Waals surface area contributed by atoms with E-state index in [0.717, 1.165) is 61.8 Å². The molecular weight excluding hydrogens is 298 g/mol. The van der Waals surface area contributed by atoms with Gasteiger partial charge in [0, 0.05) is 18.1 Å². The third-order valence-corrected chi connectivity index (χ3v) is 4.40. The zero-order chi connectivity index (χ0) is 15.9. The van der Waals surface area contributed by atoms with Crippen molar-refractivity contribution in [2.75, 3.05) is 26.2 Å². The van der Waals surface area contributed by atoms with Crippen molar-refractivity contribution >= 4 is 11.6 Å². The maximum absolute atomic E-state index is 6.12. The fraction of sp³-hybridized carbons (Fsp3) is 0.667. The van der Waals surface area contributed by atoms with Crippen molar-refractivity contribution in [3.63, 3.8) is 0 Å². The number of nitrogens with zero attached hydrogens (tertiary/aromatic N) is 1. The van der Waals surface area contributed by atoms with E-state index < -0.39 is 0 Å². The van der Waals surface area contributed by atoms with Crippen LogP contribution in [-0.2, 0) is 11.2 Å². The number of hydrogen-bond donors (Lipinski definition) is 0. The minimum Gasteiger partial charge on any atom is -0.494 e. The highest BCUT2D eigenvalue weighted by Crippen LogP contribution is 2.22. The summed E-state index contributed by atoms with van der Waals surface area (Å²) in [5.41, 5.74) is 1.15. The monoisotopic (exact) mass is 325 g/mol. The fourth-order valence-electron chi connectivity index (χ4n) is 3.01. The molecule has 1 aliphatic heterocycles. The molecular formula is C18H28ClNO2. The lowest BCUT2D eigenvalue weighted by Crippen LogP contribution is -2.45. The van der Waals surface area contributed by atoms with Gasteiger partial charge in [0.15, 0.2) is 0 Å². The second-order valence-electron chi connectivity index (χ2n) is 6.18. The molecule has 4 heteroatoms. The van der Waals surface area contributed by atoms with Crippen LogP contribution < -0.4 is 4.74 Å². The quantitative estimate of drug-likeness (QED) is 0.702. The Hall–Kier alpha value is -0.770. The molecule has 3 nitrogen and oxygen atoms in total. The lowest BCUT2D eigenvalue weighted by molar-refractivity contribution is -0.0682. The van der Waals surface area contributed by atoms with Gasteiger partial charge in [-0.05, 0) is 63.4 Å². The Morgan fingerprint density at radius 3 is 2.64 bits per heavy atom. The minimum absolute atomic E-state index is 0.349. The molecule has 2 rings (SSSR count). The third kappa shape index (κ3) is 5.45. The molecule has 2 atom stereocenters. The molecule has 0 spiro atoms. The molecule has 22 heavy (non-hydrogen) atoms. The zero-order valence-corrected chi connectivity index (χ0v) is 14.7. The van der Waals surface area contributed by atoms with E-state index in [4.69, 9.17) is 21.1 Å². The molecule has 0 bridgehead atoms. The van der Waals surface area contributed by atoms with Crippen LogP contribution in [0.15, 0.2) is 18.2 Å². The van der Waals surface area contributed by atoms with Crippen molar-refractivity contribution in [1.82, 2.24) is 4.90 Å². The third-order valence-electron chi connectivity index (χ3n) is 4.03. The SMILES string of the molecule is CCc1cc(OCCCCN2C[C@H](C)O[C@@H](C)C2)ccc1Cl. The summed E-state index contributed by atoms with van der Waals surface area (Å²) < 4.78 is 11.6. The van der Waals surface area contributed by atoms with Gasteiger partial charge >= 0.3 is 0 Å². The maximum Gasteiger partial charge on any atom is 0.119 e. The highest BCUT2D eigenvalue weighted by molar-refractivity contribution is 6.31. The molecule has 0 radical (unpaired) electrons. The van der Waals surface area contributed by atoms with Gasteiger partial charge < -0.3 is 9.47 Å². The first-order valence-electron chi connectivity index (χ1n) is 8.37. The molecule has 0 amide bonds. The number of benzene rings is 1. The van der Waals surface area contributed by atoms with Crippen molar-refractivity contribution < 1.29 is 9.47 Å². The first-order chi connectivity index (χ1) is 10.6. The normalized spacial score (nSPS) is 22.7. The Balaban J connectivity index is 1.65. The van der Waals surface area contributed by atoms with Gasteiger partial charge in [0.1, 0.15) is 5.75 Å². The van der Waals surface area contributed by atoms with E-state index in [9.17, 15) is 0 Å². The first-order valence-corrected chi connectivity index (χ1v) is 8.75. The number of morpholine rings is 1. The van der Waals surface area contributed by atoms with Gasteiger partial charge in [-0.15, -0.1) is 0 Å². The van der Waals surface area contributed by atoms with Crippen molar-refractivity contribution in [3.8, 4) is 5.75 Å². The van der Waals surface area contributed by atoms with E-state index in [1.807, 2.05) is 18.2 Å². The molecule has 0 aliphatic carbocycles. The highest BCUT2D eigenvalue weighted by Gasteiger charge is 2.21. The van der Waals surface area contributed by atoms with Crippen molar-refractivity contribution in [1.29, 1.82) is 0 Å². The number of hydrogen-bond acceptors (Lipinski definition) is 3. The summed E-state index contributed by atoms with van der Waals surface area (Å²) in [6.07, 6.45) is 3.87. The van der Waals surface area contributed by atoms with Crippen molar-refractivity contribution in [2.45, 2.75) is 52.2 Å². The summed E-state index contributed by atoms with van der Waals surface area (Å²) in [4.78, 5) is 2.50. The lowest BCUT2D eigenvalue weighted by atomic mass is 10.1. The molecule has 1 fully saturated rings. The summed E-state index contributed by atoms with van der Waals surface area (Å²) >= 11 is 6.12. The van der Waals surface area contributed by atoms with Crippen molar-refractivity contribution in [2.24, 2.45) is 0 Å². The lowest BCUT2D eigenvalue weighted by Gasteiger charge is -2.35. The molecule has 1 aromatic rings. The molecule has 0 unspecified atom stereocenters. The topological polar surface area (TPSA) is 21.7 Å². The predicted molar refractivity (Wildman–Crippen MR) is 92.0 cm³/mol. The first kappa shape index (κ1) is 17.6. The number of aryl methyl sites for hydroxylation is 1. The zero-order valence-electron chi connectivity index (χ0n) is 14.0. The number of ether oxygens (including phenoxy) is 2. The molecule has 0 N–H and O–H groups in total. The van der Waals surface area contributed by atoms with Crippen LogP contribution in [0.5, 0.6) is 5.75 Å². The van der Waals surface area contributed by atoms with Crippen LogP contribution in [0.2, 0.25) is 5.02 Å². The predicted octanol–water partition coefficient (Wildman–Crippen LogP) is 4.17. The smallest absolute Gasteiger partial charge is 0.119 e. The summed E-state index contributed by atoms with van der Waals surface area (Å²) in [6, 6.07) is 5.92. The van der Waals surface area contributed by atoms with Gasteiger partial charge in [0.2, 0.25) is 0 Å². The highest BCUT2D eigenvalue weighted by atomic mass is 35.5. The van der Waals surface area contributed by atoms with Gasteiger partial charge in [-0.3, -0.25) is 4.90 Å². The summed E-state index contributed by atoms with van der Waals surface area (Å²) in [5, 5.41) is 0.824. The van der Waals surface area contributed by atoms with E-state index >= 15 is 0 Å². The van der Waals surface area contributed by atoms with E-state index in [-0.39, 0.29) is 0 Å². The van der Waals surface area contributed by atoms with Crippen LogP contribution in [-0.4, -0.2) is 43.3 Å². The molecule has 0 aromatic heterocycles. The molecule has 1 aliphatic rings. The van der Waals surface area contributed by atoms with Crippen LogP contribution in [0.1, 0.15) is 39.2 Å². The van der Waals surface area contributed by atoms with Gasteiger partial charge in [0.25, 0.3) is 0 Å². The van der Waals surface area contributed by atoms with Gasteiger partial charge in [0.05, 0.1) is 18.8 Å². The Bertz CT molecular complexity index is 456. The van der Waals surface area contributed by atoms with Gasteiger partial charge in [-0.2, -0.15) is 0 Å². The molecule has 0 saturated carbocycles. The Kier molecular flexibility index (Phi) is 7.00. The molecule has 1 saturated heterocycles. The second-order valence-corrected chi connectivity index (χ2v) is 6.59. The second kappa shape index (κ2) is 8.76. The van der Waals surface area contributed by atoms with Crippen LogP contribution in [0.25, 0.3) is 0 Å². The maximum atomic E-state index is 6.12. The van der Waals surface area contributed by atoms with E-state index in [1.165, 1.54) is 0 Å². The van der Waals surface area contributed by atoms with Crippen LogP contribution in [0.4, 0.5) is 0 Å². The Morgan fingerprint density at radius 2 is 1.95 bits per heavy atom. The molecule has 124 valence electrons.